The first-order valence-electron chi connectivity index (χ1n) is 5.99. The van der Waals surface area contributed by atoms with E-state index in [-0.39, 0.29) is 16.5 Å². The zero-order valence-electron chi connectivity index (χ0n) is 11.3. The number of nitrogens with zero attached hydrogens (tertiary/aromatic N) is 1. The van der Waals surface area contributed by atoms with Crippen molar-refractivity contribution in [3.8, 4) is 0 Å². The van der Waals surface area contributed by atoms with Gasteiger partial charge < -0.3 is 10.6 Å². The van der Waals surface area contributed by atoms with Gasteiger partial charge in [-0.3, -0.25) is 19.7 Å². The Morgan fingerprint density at radius 2 is 1.95 bits per heavy atom. The smallest absolute Gasteiger partial charge is 0.326 e. The minimum Gasteiger partial charge on any atom is -0.326 e. The van der Waals surface area contributed by atoms with E-state index in [2.05, 4.69) is 33.2 Å². The van der Waals surface area contributed by atoms with Crippen LogP contribution in [0.3, 0.4) is 0 Å². The second-order valence-electron chi connectivity index (χ2n) is 4.22. The number of benzene rings is 1. The van der Waals surface area contributed by atoms with Crippen molar-refractivity contribution >= 4 is 61.4 Å². The average Bonchev–Trinajstić information content (AvgIpc) is 2.86. The fraction of sp³-hybridized carbons (Fsp3) is 0.0769. The number of carbonyl (C=O) groups is 2. The van der Waals surface area contributed by atoms with Crippen LogP contribution in [-0.4, -0.2) is 16.7 Å². The lowest BCUT2D eigenvalue weighted by molar-refractivity contribution is -0.380. The van der Waals surface area contributed by atoms with E-state index in [0.29, 0.717) is 10.7 Å². The van der Waals surface area contributed by atoms with E-state index in [1.54, 1.807) is 18.2 Å². The summed E-state index contributed by atoms with van der Waals surface area (Å²) in [5, 5.41) is 16.1. The van der Waals surface area contributed by atoms with Gasteiger partial charge >= 0.3 is 5.00 Å². The number of hydrogen-bond acceptors (Lipinski definition) is 5. The van der Waals surface area contributed by atoms with Crippen LogP contribution in [0, 0.1) is 13.7 Å². The maximum Gasteiger partial charge on any atom is 0.326 e. The van der Waals surface area contributed by atoms with Crippen LogP contribution in [0.25, 0.3) is 0 Å². The van der Waals surface area contributed by atoms with Gasteiger partial charge in [-0.1, -0.05) is 0 Å². The van der Waals surface area contributed by atoms with Crippen LogP contribution in [0.15, 0.2) is 30.3 Å². The predicted octanol–water partition coefficient (Wildman–Crippen LogP) is 3.47. The summed E-state index contributed by atoms with van der Waals surface area (Å²) in [5.74, 6) is -0.736. The van der Waals surface area contributed by atoms with Gasteiger partial charge in [0.05, 0.1) is 16.2 Å². The molecule has 0 radical (unpaired) electrons. The summed E-state index contributed by atoms with van der Waals surface area (Å²) in [6.07, 6.45) is 0. The Morgan fingerprint density at radius 3 is 2.55 bits per heavy atom. The highest BCUT2D eigenvalue weighted by molar-refractivity contribution is 14.1. The molecule has 0 atom stereocenters. The molecule has 0 bridgehead atoms. The predicted molar refractivity (Wildman–Crippen MR) is 92.4 cm³/mol. The highest BCUT2D eigenvalue weighted by Gasteiger charge is 2.16. The number of halogens is 1. The van der Waals surface area contributed by atoms with Gasteiger partial charge in [0, 0.05) is 16.6 Å². The third kappa shape index (κ3) is 4.01. The Bertz CT molecular complexity index is 759. The van der Waals surface area contributed by atoms with Crippen molar-refractivity contribution in [3.05, 3.63) is 49.6 Å². The van der Waals surface area contributed by atoms with E-state index in [4.69, 9.17) is 0 Å². The number of hydrogen-bond donors (Lipinski definition) is 2. The fourth-order valence-electron chi connectivity index (χ4n) is 1.68. The zero-order valence-corrected chi connectivity index (χ0v) is 14.2. The van der Waals surface area contributed by atoms with Gasteiger partial charge in [-0.15, -0.1) is 0 Å². The Hall–Kier alpha value is -2.01. The molecule has 2 aromatic rings. The third-order valence-electron chi connectivity index (χ3n) is 2.55. The second kappa shape index (κ2) is 6.83. The number of carbonyl (C=O) groups excluding carboxylic acids is 2. The van der Waals surface area contributed by atoms with Gasteiger partial charge in [0.25, 0.3) is 5.91 Å². The molecule has 1 aromatic heterocycles. The van der Waals surface area contributed by atoms with Crippen molar-refractivity contribution in [1.82, 2.24) is 0 Å². The third-order valence-corrected chi connectivity index (χ3v) is 4.17. The summed E-state index contributed by atoms with van der Waals surface area (Å²) in [6, 6.07) is 7.78. The standard InChI is InChI=1S/C13H10IN3O4S/c1-7(18)15-10-6-8(14)2-3-9(10)13(19)16-11-4-5-12(22-11)17(20)21/h2-6H,1H3,(H,15,18)(H,16,19). The molecule has 0 saturated heterocycles. The maximum atomic E-state index is 12.3. The molecule has 2 amide bonds. The molecule has 7 nitrogen and oxygen atoms in total. The van der Waals surface area contributed by atoms with Crippen LogP contribution in [0.5, 0.6) is 0 Å². The molecule has 1 aromatic carbocycles. The topological polar surface area (TPSA) is 101 Å². The first-order chi connectivity index (χ1) is 10.4. The van der Waals surface area contributed by atoms with Crippen molar-refractivity contribution in [2.24, 2.45) is 0 Å². The minimum absolute atomic E-state index is 0.0556. The molecule has 0 aliphatic rings. The van der Waals surface area contributed by atoms with Crippen LogP contribution in [0.2, 0.25) is 0 Å². The lowest BCUT2D eigenvalue weighted by Gasteiger charge is -2.10. The van der Waals surface area contributed by atoms with Crippen molar-refractivity contribution in [2.45, 2.75) is 6.92 Å². The van der Waals surface area contributed by atoms with Crippen molar-refractivity contribution in [3.63, 3.8) is 0 Å². The molecule has 1 heterocycles. The van der Waals surface area contributed by atoms with Gasteiger partial charge in [-0.05, 0) is 58.2 Å². The van der Waals surface area contributed by atoms with E-state index < -0.39 is 10.8 Å². The summed E-state index contributed by atoms with van der Waals surface area (Å²) in [4.78, 5) is 33.6. The Balaban J connectivity index is 2.24. The van der Waals surface area contributed by atoms with E-state index >= 15 is 0 Å². The van der Waals surface area contributed by atoms with Crippen LogP contribution in [0.4, 0.5) is 15.7 Å². The molecule has 0 fully saturated rings. The van der Waals surface area contributed by atoms with Crippen LogP contribution >= 0.6 is 33.9 Å². The molecule has 0 aliphatic carbocycles. The monoisotopic (exact) mass is 431 g/mol. The molecule has 0 unspecified atom stereocenters. The van der Waals surface area contributed by atoms with Crippen molar-refractivity contribution < 1.29 is 14.5 Å². The molecule has 0 saturated carbocycles. The number of nitro groups is 1. The summed E-state index contributed by atoms with van der Waals surface area (Å²) in [5.41, 5.74) is 0.676. The fourth-order valence-corrected chi connectivity index (χ4v) is 2.89. The number of amides is 2. The number of rotatable bonds is 4. The number of nitrogens with one attached hydrogen (secondary N) is 2. The highest BCUT2D eigenvalue weighted by Crippen LogP contribution is 2.29. The van der Waals surface area contributed by atoms with Crippen LogP contribution < -0.4 is 10.6 Å². The lowest BCUT2D eigenvalue weighted by Crippen LogP contribution is -2.16. The molecule has 2 N–H and O–H groups in total. The molecule has 0 aliphatic heterocycles. The zero-order chi connectivity index (χ0) is 16.3. The molecule has 114 valence electrons. The van der Waals surface area contributed by atoms with Crippen LogP contribution in [-0.2, 0) is 4.79 Å². The summed E-state index contributed by atoms with van der Waals surface area (Å²) < 4.78 is 0.865. The number of thiophene rings is 1. The van der Waals surface area contributed by atoms with E-state index in [0.717, 1.165) is 14.9 Å². The largest absolute Gasteiger partial charge is 0.326 e. The van der Waals surface area contributed by atoms with Gasteiger partial charge in [0.2, 0.25) is 5.91 Å². The molecular weight excluding hydrogens is 421 g/mol. The van der Waals surface area contributed by atoms with Gasteiger partial charge in [-0.25, -0.2) is 0 Å². The molecule has 9 heteroatoms. The lowest BCUT2D eigenvalue weighted by atomic mass is 10.1. The minimum atomic E-state index is -0.520. The quantitative estimate of drug-likeness (QED) is 0.440. The van der Waals surface area contributed by atoms with Crippen molar-refractivity contribution in [1.29, 1.82) is 0 Å². The average molecular weight is 431 g/mol. The van der Waals surface area contributed by atoms with Gasteiger partial charge in [-0.2, -0.15) is 0 Å². The van der Waals surface area contributed by atoms with Gasteiger partial charge in [0.15, 0.2) is 0 Å². The van der Waals surface area contributed by atoms with Gasteiger partial charge in [0.1, 0.15) is 5.00 Å². The Labute approximate surface area is 143 Å². The first-order valence-corrected chi connectivity index (χ1v) is 7.89. The van der Waals surface area contributed by atoms with E-state index in [1.165, 1.54) is 19.1 Å². The molecule has 2 rings (SSSR count). The molecular formula is C13H10IN3O4S. The summed E-state index contributed by atoms with van der Waals surface area (Å²) in [7, 11) is 0. The molecule has 22 heavy (non-hydrogen) atoms. The van der Waals surface area contributed by atoms with E-state index in [9.17, 15) is 19.7 Å². The number of anilines is 2. The second-order valence-corrected chi connectivity index (χ2v) is 6.53. The first kappa shape index (κ1) is 16.4. The maximum absolute atomic E-state index is 12.3. The van der Waals surface area contributed by atoms with Crippen molar-refractivity contribution in [2.75, 3.05) is 10.6 Å². The van der Waals surface area contributed by atoms with Crippen LogP contribution in [0.1, 0.15) is 17.3 Å². The highest BCUT2D eigenvalue weighted by atomic mass is 127. The summed E-state index contributed by atoms with van der Waals surface area (Å²) >= 11 is 2.94. The summed E-state index contributed by atoms with van der Waals surface area (Å²) in [6.45, 7) is 1.35. The Kier molecular flexibility index (Phi) is 5.08. The van der Waals surface area contributed by atoms with E-state index in [1.807, 2.05) is 0 Å². The molecule has 0 spiro atoms. The normalized spacial score (nSPS) is 10.1. The Morgan fingerprint density at radius 1 is 1.23 bits per heavy atom. The SMILES string of the molecule is CC(=O)Nc1cc(I)ccc1C(=O)Nc1ccc([N+](=O)[O-])s1.